The monoisotopic (exact) mass is 416 g/mol. The van der Waals surface area contributed by atoms with E-state index in [1.807, 2.05) is 0 Å². The van der Waals surface area contributed by atoms with Gasteiger partial charge in [-0.05, 0) is 18.6 Å². The Hall–Kier alpha value is -2.99. The van der Waals surface area contributed by atoms with Crippen LogP contribution in [0, 0.1) is 0 Å². The Morgan fingerprint density at radius 1 is 1.11 bits per heavy atom. The lowest BCUT2D eigenvalue weighted by Crippen LogP contribution is -2.38. The molecule has 0 spiro atoms. The van der Waals surface area contributed by atoms with Crippen molar-refractivity contribution in [1.29, 1.82) is 0 Å². The minimum atomic E-state index is -5.15. The molecule has 0 heterocycles. The molecule has 1 aromatic carbocycles. The number of nitrogens with one attached hydrogen (secondary N) is 1. The molecule has 2 N–H and O–H groups in total. The van der Waals surface area contributed by atoms with Crippen molar-refractivity contribution in [2.24, 2.45) is 0 Å². The maximum Gasteiger partial charge on any atom is 0.471 e. The lowest BCUT2D eigenvalue weighted by Gasteiger charge is -2.20. The van der Waals surface area contributed by atoms with Gasteiger partial charge in [0.2, 0.25) is 0 Å². The van der Waals surface area contributed by atoms with Gasteiger partial charge in [0, 0.05) is 25.3 Å². The molecule has 0 saturated heterocycles. The number of anilines is 1. The first-order chi connectivity index (χ1) is 12.7. The second-order valence-electron chi connectivity index (χ2n) is 5.30. The van der Waals surface area contributed by atoms with E-state index in [2.05, 4.69) is 0 Å². The van der Waals surface area contributed by atoms with Gasteiger partial charge < -0.3 is 20.1 Å². The first kappa shape index (κ1) is 23.0. The largest absolute Gasteiger partial charge is 0.493 e. The summed E-state index contributed by atoms with van der Waals surface area (Å²) in [7, 11) is 0.821. The Balaban J connectivity index is 2.82. The van der Waals surface area contributed by atoms with Crippen LogP contribution in [0.4, 0.5) is 32.0 Å². The van der Waals surface area contributed by atoms with Crippen LogP contribution >= 0.6 is 0 Å². The minimum absolute atomic E-state index is 0.150. The molecule has 0 aliphatic rings. The Labute approximate surface area is 153 Å². The third-order valence-electron chi connectivity index (χ3n) is 3.25. The Morgan fingerprint density at radius 2 is 1.71 bits per heavy atom. The first-order valence-electron chi connectivity index (χ1n) is 7.45. The molecular formula is C15H14F6N2O5. The highest BCUT2D eigenvalue weighted by molar-refractivity contribution is 5.98. The smallest absolute Gasteiger partial charge is 0.471 e. The number of carboxylic acid groups (broad SMARTS) is 1. The number of hydrogen-bond acceptors (Lipinski definition) is 4. The van der Waals surface area contributed by atoms with Crippen LogP contribution in [0.3, 0.4) is 0 Å². The maximum absolute atomic E-state index is 12.5. The molecule has 13 heteroatoms. The molecule has 28 heavy (non-hydrogen) atoms. The highest BCUT2D eigenvalue weighted by Gasteiger charge is 2.42. The number of ether oxygens (including phenoxy) is 1. The van der Waals surface area contributed by atoms with Crippen molar-refractivity contribution < 1.29 is 50.6 Å². The third-order valence-corrected chi connectivity index (χ3v) is 3.25. The van der Waals surface area contributed by atoms with Crippen molar-refractivity contribution in [3.05, 3.63) is 23.8 Å². The number of nitrogens with zero attached hydrogens (tertiary/aromatic N) is 1. The van der Waals surface area contributed by atoms with Gasteiger partial charge >= 0.3 is 30.1 Å². The minimum Gasteiger partial charge on any atom is -0.493 e. The van der Waals surface area contributed by atoms with Gasteiger partial charge in [-0.1, -0.05) is 0 Å². The van der Waals surface area contributed by atoms with Crippen molar-refractivity contribution in [1.82, 2.24) is 5.32 Å². The molecule has 0 bridgehead atoms. The summed E-state index contributed by atoms with van der Waals surface area (Å²) in [5, 5.41) is 10.6. The number of amides is 2. The highest BCUT2D eigenvalue weighted by atomic mass is 19.4. The number of carbonyl (C=O) groups is 3. The maximum atomic E-state index is 12.5. The van der Waals surface area contributed by atoms with Gasteiger partial charge in [-0.25, -0.2) is 4.79 Å². The summed E-state index contributed by atoms with van der Waals surface area (Å²) in [5.74, 6) is -6.23. The van der Waals surface area contributed by atoms with E-state index in [0.29, 0.717) is 0 Å². The lowest BCUT2D eigenvalue weighted by atomic mass is 10.1. The molecule has 0 aliphatic heterocycles. The van der Waals surface area contributed by atoms with E-state index in [4.69, 9.17) is 9.84 Å². The number of hydrogen-bond donors (Lipinski definition) is 2. The second-order valence-corrected chi connectivity index (χ2v) is 5.30. The van der Waals surface area contributed by atoms with Crippen LogP contribution in [0.15, 0.2) is 18.2 Å². The quantitative estimate of drug-likeness (QED) is 0.526. The summed E-state index contributed by atoms with van der Waals surface area (Å²) in [6.45, 7) is -0.786. The van der Waals surface area contributed by atoms with Gasteiger partial charge in [0.1, 0.15) is 11.3 Å². The Morgan fingerprint density at radius 3 is 2.21 bits per heavy atom. The first-order valence-corrected chi connectivity index (χ1v) is 7.45. The van der Waals surface area contributed by atoms with Crippen LogP contribution in [0.1, 0.15) is 16.8 Å². The standard InChI is InChI=1S/C15H14F6N2O5/c1-23(13(27)15(19,20)21)8-3-4-9(11(24)25)10(7-8)28-6-2-5-22-12(26)14(16,17)18/h3-4,7H,2,5-6H2,1H3,(H,22,26)(H,24,25). The fraction of sp³-hybridized carbons (Fsp3) is 0.400. The van der Waals surface area contributed by atoms with Crippen LogP contribution in [0.25, 0.3) is 0 Å². The molecule has 0 radical (unpaired) electrons. The number of benzene rings is 1. The summed E-state index contributed by atoms with van der Waals surface area (Å²) in [5.41, 5.74) is -0.747. The van der Waals surface area contributed by atoms with Gasteiger partial charge in [0.05, 0.1) is 6.61 Å². The molecule has 1 aromatic rings. The zero-order valence-electron chi connectivity index (χ0n) is 14.1. The van der Waals surface area contributed by atoms with Crippen molar-refractivity contribution in [3.8, 4) is 5.75 Å². The van der Waals surface area contributed by atoms with Gasteiger partial charge in [0.15, 0.2) is 0 Å². The van der Waals surface area contributed by atoms with Crippen molar-refractivity contribution in [3.63, 3.8) is 0 Å². The fourth-order valence-corrected chi connectivity index (χ4v) is 1.88. The van der Waals surface area contributed by atoms with Crippen molar-refractivity contribution >= 4 is 23.5 Å². The molecule has 0 aliphatic carbocycles. The molecule has 0 aromatic heterocycles. The number of aromatic carboxylic acids is 1. The van der Waals surface area contributed by atoms with E-state index in [1.54, 1.807) is 5.32 Å². The summed E-state index contributed by atoms with van der Waals surface area (Å²) in [6, 6.07) is 2.75. The van der Waals surface area contributed by atoms with E-state index in [0.717, 1.165) is 25.2 Å². The molecular weight excluding hydrogens is 402 g/mol. The average Bonchev–Trinajstić information content (AvgIpc) is 2.57. The van der Waals surface area contributed by atoms with E-state index in [1.165, 1.54) is 0 Å². The van der Waals surface area contributed by atoms with E-state index < -0.39 is 48.0 Å². The molecule has 7 nitrogen and oxygen atoms in total. The SMILES string of the molecule is CN(C(=O)C(F)(F)F)c1ccc(C(=O)O)c(OCCCNC(=O)C(F)(F)F)c1. The molecule has 1 rings (SSSR count). The third kappa shape index (κ3) is 6.32. The fourth-order valence-electron chi connectivity index (χ4n) is 1.88. The predicted molar refractivity (Wildman–Crippen MR) is 82.0 cm³/mol. The number of halogens is 6. The zero-order chi connectivity index (χ0) is 21.7. The van der Waals surface area contributed by atoms with E-state index in [-0.39, 0.29) is 23.6 Å². The van der Waals surface area contributed by atoms with Gasteiger partial charge in [0.25, 0.3) is 0 Å². The summed E-state index contributed by atoms with van der Waals surface area (Å²) in [4.78, 5) is 33.3. The van der Waals surface area contributed by atoms with Crippen LogP contribution in [0.5, 0.6) is 5.75 Å². The number of carboxylic acids is 1. The molecule has 0 fully saturated rings. The predicted octanol–water partition coefficient (Wildman–Crippen LogP) is 2.36. The topological polar surface area (TPSA) is 95.9 Å². The van der Waals surface area contributed by atoms with Crippen molar-refractivity contribution in [2.45, 2.75) is 18.8 Å². The molecule has 0 atom stereocenters. The van der Waals surface area contributed by atoms with E-state index >= 15 is 0 Å². The summed E-state index contributed by atoms with van der Waals surface area (Å²) < 4.78 is 78.6. The lowest BCUT2D eigenvalue weighted by molar-refractivity contribution is -0.173. The average molecular weight is 416 g/mol. The second kappa shape index (κ2) is 8.80. The zero-order valence-corrected chi connectivity index (χ0v) is 14.1. The van der Waals surface area contributed by atoms with Crippen LogP contribution < -0.4 is 15.0 Å². The summed E-state index contributed by atoms with van der Waals surface area (Å²) in [6.07, 6.45) is -10.4. The van der Waals surface area contributed by atoms with Crippen LogP contribution in [0.2, 0.25) is 0 Å². The van der Waals surface area contributed by atoms with Gasteiger partial charge in [-0.15, -0.1) is 0 Å². The molecule has 156 valence electrons. The molecule has 0 saturated carbocycles. The number of carbonyl (C=O) groups excluding carboxylic acids is 2. The van der Waals surface area contributed by atoms with Gasteiger partial charge in [-0.2, -0.15) is 26.3 Å². The Kier molecular flexibility index (Phi) is 7.24. The number of rotatable bonds is 7. The summed E-state index contributed by atoms with van der Waals surface area (Å²) >= 11 is 0. The van der Waals surface area contributed by atoms with Crippen LogP contribution in [-0.2, 0) is 9.59 Å². The Bertz CT molecular complexity index is 747. The van der Waals surface area contributed by atoms with Crippen molar-refractivity contribution in [2.75, 3.05) is 25.1 Å². The van der Waals surface area contributed by atoms with Gasteiger partial charge in [-0.3, -0.25) is 9.59 Å². The number of alkyl halides is 6. The molecule has 0 unspecified atom stereocenters. The molecule has 2 amide bonds. The highest BCUT2D eigenvalue weighted by Crippen LogP contribution is 2.28. The van der Waals surface area contributed by atoms with Crippen LogP contribution in [-0.4, -0.2) is 55.4 Å². The van der Waals surface area contributed by atoms with E-state index in [9.17, 15) is 40.7 Å². The normalized spacial score (nSPS) is 11.7.